The molecule has 7 heteroatoms. The Hall–Kier alpha value is -0.820. The maximum Gasteiger partial charge on any atom is 0.401 e. The number of halogens is 3. The quantitative estimate of drug-likeness (QED) is 0.771. The van der Waals surface area contributed by atoms with Gasteiger partial charge >= 0.3 is 12.1 Å². The Morgan fingerprint density at radius 2 is 2.12 bits per heavy atom. The van der Waals surface area contributed by atoms with Crippen LogP contribution < -0.4 is 5.32 Å². The summed E-state index contributed by atoms with van der Waals surface area (Å²) in [6.45, 7) is -0.505. The fourth-order valence-electron chi connectivity index (χ4n) is 1.87. The van der Waals surface area contributed by atoms with Crippen molar-refractivity contribution in [3.63, 3.8) is 0 Å². The maximum atomic E-state index is 12.2. The highest BCUT2D eigenvalue weighted by atomic mass is 19.4. The minimum Gasteiger partial charge on any atom is -0.468 e. The molecule has 0 radical (unpaired) electrons. The lowest BCUT2D eigenvalue weighted by Crippen LogP contribution is -2.55. The van der Waals surface area contributed by atoms with Gasteiger partial charge in [0, 0.05) is 13.2 Å². The number of ether oxygens (including phenoxy) is 2. The second kappa shape index (κ2) is 5.68. The van der Waals surface area contributed by atoms with E-state index in [1.807, 2.05) is 0 Å². The van der Waals surface area contributed by atoms with E-state index in [-0.39, 0.29) is 19.4 Å². The third-order valence-electron chi connectivity index (χ3n) is 2.77. The van der Waals surface area contributed by atoms with E-state index in [0.29, 0.717) is 13.0 Å². The third kappa shape index (κ3) is 4.16. The minimum atomic E-state index is -4.35. The van der Waals surface area contributed by atoms with E-state index in [0.717, 1.165) is 0 Å². The zero-order chi connectivity index (χ0) is 12.9. The summed E-state index contributed by atoms with van der Waals surface area (Å²) in [5.74, 6) is -0.660. The average molecular weight is 255 g/mol. The molecule has 0 aromatic heterocycles. The lowest BCUT2D eigenvalue weighted by Gasteiger charge is -2.30. The zero-order valence-corrected chi connectivity index (χ0v) is 9.60. The van der Waals surface area contributed by atoms with E-state index in [1.165, 1.54) is 7.11 Å². The van der Waals surface area contributed by atoms with Crippen LogP contribution in [0.5, 0.6) is 0 Å². The molecule has 1 aliphatic rings. The number of carbonyl (C=O) groups is 1. The number of esters is 1. The van der Waals surface area contributed by atoms with Crippen molar-refractivity contribution < 1.29 is 27.4 Å². The van der Waals surface area contributed by atoms with Gasteiger partial charge in [0.1, 0.15) is 5.54 Å². The first-order valence-corrected chi connectivity index (χ1v) is 5.38. The van der Waals surface area contributed by atoms with E-state index in [2.05, 4.69) is 10.1 Å². The largest absolute Gasteiger partial charge is 0.468 e. The van der Waals surface area contributed by atoms with Crippen LogP contribution in [0.4, 0.5) is 13.2 Å². The first kappa shape index (κ1) is 14.2. The fraction of sp³-hybridized carbons (Fsp3) is 0.900. The molecule has 0 aromatic carbocycles. The van der Waals surface area contributed by atoms with Gasteiger partial charge in [0.05, 0.1) is 13.7 Å². The first-order valence-electron chi connectivity index (χ1n) is 5.38. The molecule has 100 valence electrons. The number of hydrogen-bond donors (Lipinski definition) is 1. The predicted octanol–water partition coefficient (Wildman–Crippen LogP) is 1.25. The molecule has 0 aromatic rings. The van der Waals surface area contributed by atoms with Crippen LogP contribution >= 0.6 is 0 Å². The monoisotopic (exact) mass is 255 g/mol. The summed E-state index contributed by atoms with van der Waals surface area (Å²) in [6.07, 6.45) is -3.35. The van der Waals surface area contributed by atoms with Crippen molar-refractivity contribution in [2.45, 2.75) is 31.0 Å². The number of alkyl halides is 3. The van der Waals surface area contributed by atoms with Crippen LogP contribution in [-0.2, 0) is 14.3 Å². The van der Waals surface area contributed by atoms with E-state index in [1.54, 1.807) is 0 Å². The molecular weight excluding hydrogens is 239 g/mol. The van der Waals surface area contributed by atoms with E-state index < -0.39 is 24.2 Å². The van der Waals surface area contributed by atoms with Gasteiger partial charge in [0.25, 0.3) is 0 Å². The summed E-state index contributed by atoms with van der Waals surface area (Å²) in [5.41, 5.74) is -1.28. The second-order valence-corrected chi connectivity index (χ2v) is 4.01. The van der Waals surface area contributed by atoms with Crippen molar-refractivity contribution in [1.29, 1.82) is 0 Å². The van der Waals surface area contributed by atoms with Gasteiger partial charge in [0.15, 0.2) is 0 Å². The Kier molecular flexibility index (Phi) is 4.76. The Morgan fingerprint density at radius 1 is 1.41 bits per heavy atom. The lowest BCUT2D eigenvalue weighted by atomic mass is 9.90. The summed E-state index contributed by atoms with van der Waals surface area (Å²) in [5, 5.41) is 2.29. The predicted molar refractivity (Wildman–Crippen MR) is 53.5 cm³/mol. The number of carbonyl (C=O) groups excluding carboxylic acids is 1. The molecule has 1 atom stereocenters. The van der Waals surface area contributed by atoms with Gasteiger partial charge in [-0.25, -0.2) is 0 Å². The topological polar surface area (TPSA) is 47.6 Å². The van der Waals surface area contributed by atoms with Gasteiger partial charge < -0.3 is 9.47 Å². The molecule has 4 nitrogen and oxygen atoms in total. The van der Waals surface area contributed by atoms with Gasteiger partial charge in [-0.15, -0.1) is 0 Å². The van der Waals surface area contributed by atoms with Crippen molar-refractivity contribution in [2.75, 3.05) is 26.9 Å². The van der Waals surface area contributed by atoms with Gasteiger partial charge in [-0.1, -0.05) is 0 Å². The molecule has 1 aliphatic heterocycles. The van der Waals surface area contributed by atoms with E-state index in [9.17, 15) is 18.0 Å². The van der Waals surface area contributed by atoms with Crippen LogP contribution in [-0.4, -0.2) is 44.6 Å². The molecule has 0 spiro atoms. The lowest BCUT2D eigenvalue weighted by molar-refractivity contribution is -0.154. The van der Waals surface area contributed by atoms with Crippen LogP contribution in [0.15, 0.2) is 0 Å². The summed E-state index contributed by atoms with van der Waals surface area (Å²) >= 11 is 0. The standard InChI is InChI=1S/C10H16F3NO3/c1-16-8(15)9(14-7-10(11,12)13)3-2-5-17-6-4-9/h14H,2-7H2,1H3. The van der Waals surface area contributed by atoms with Crippen LogP contribution in [0.2, 0.25) is 0 Å². The third-order valence-corrected chi connectivity index (χ3v) is 2.77. The van der Waals surface area contributed by atoms with Crippen LogP contribution in [0.3, 0.4) is 0 Å². The van der Waals surface area contributed by atoms with Crippen LogP contribution in [0.1, 0.15) is 19.3 Å². The highest BCUT2D eigenvalue weighted by molar-refractivity contribution is 5.80. The fourth-order valence-corrected chi connectivity index (χ4v) is 1.87. The molecule has 0 bridgehead atoms. The molecular formula is C10H16F3NO3. The summed E-state index contributed by atoms with van der Waals surface area (Å²) in [4.78, 5) is 11.7. The number of methoxy groups -OCH3 is 1. The Morgan fingerprint density at radius 3 is 2.71 bits per heavy atom. The van der Waals surface area contributed by atoms with Crippen LogP contribution in [0, 0.1) is 0 Å². The Labute approximate surface area is 97.5 Å². The van der Waals surface area contributed by atoms with Crippen LogP contribution in [0.25, 0.3) is 0 Å². The molecule has 1 saturated heterocycles. The number of rotatable bonds is 3. The number of hydrogen-bond acceptors (Lipinski definition) is 4. The average Bonchev–Trinajstić information content (AvgIpc) is 2.51. The van der Waals surface area contributed by atoms with Crippen molar-refractivity contribution >= 4 is 5.97 Å². The van der Waals surface area contributed by atoms with Gasteiger partial charge in [-0.3, -0.25) is 10.1 Å². The molecule has 0 amide bonds. The van der Waals surface area contributed by atoms with Crippen molar-refractivity contribution in [3.8, 4) is 0 Å². The highest BCUT2D eigenvalue weighted by Crippen LogP contribution is 2.25. The minimum absolute atomic E-state index is 0.190. The SMILES string of the molecule is COC(=O)C1(NCC(F)(F)F)CCCOCC1. The number of nitrogens with one attached hydrogen (secondary N) is 1. The second-order valence-electron chi connectivity index (χ2n) is 4.01. The van der Waals surface area contributed by atoms with Gasteiger partial charge in [-0.05, 0) is 19.3 Å². The summed E-state index contributed by atoms with van der Waals surface area (Å²) in [6, 6.07) is 0. The normalized spacial score (nSPS) is 26.4. The molecule has 1 fully saturated rings. The molecule has 1 heterocycles. The van der Waals surface area contributed by atoms with Crippen molar-refractivity contribution in [3.05, 3.63) is 0 Å². The molecule has 1 rings (SSSR count). The van der Waals surface area contributed by atoms with Crippen molar-refractivity contribution in [2.24, 2.45) is 0 Å². The van der Waals surface area contributed by atoms with Gasteiger partial charge in [-0.2, -0.15) is 13.2 Å². The Balaban J connectivity index is 2.73. The Bertz CT molecular complexity index is 260. The summed E-state index contributed by atoms with van der Waals surface area (Å²) < 4.78 is 46.3. The van der Waals surface area contributed by atoms with E-state index >= 15 is 0 Å². The highest BCUT2D eigenvalue weighted by Gasteiger charge is 2.42. The molecule has 1 N–H and O–H groups in total. The first-order chi connectivity index (χ1) is 7.90. The zero-order valence-electron chi connectivity index (χ0n) is 9.60. The smallest absolute Gasteiger partial charge is 0.401 e. The summed E-state index contributed by atoms with van der Waals surface area (Å²) in [7, 11) is 1.17. The van der Waals surface area contributed by atoms with Gasteiger partial charge in [0.2, 0.25) is 0 Å². The molecule has 0 aliphatic carbocycles. The van der Waals surface area contributed by atoms with E-state index in [4.69, 9.17) is 4.74 Å². The molecule has 0 saturated carbocycles. The maximum absolute atomic E-state index is 12.2. The molecule has 17 heavy (non-hydrogen) atoms. The molecule has 1 unspecified atom stereocenters. The van der Waals surface area contributed by atoms with Crippen molar-refractivity contribution in [1.82, 2.24) is 5.32 Å².